The number of rotatable bonds is 4. The second-order valence-corrected chi connectivity index (χ2v) is 7.81. The van der Waals surface area contributed by atoms with Gasteiger partial charge in [0.15, 0.2) is 10.7 Å². The zero-order chi connectivity index (χ0) is 17.4. The summed E-state index contributed by atoms with van der Waals surface area (Å²) in [6, 6.07) is 11.3. The first-order valence-corrected chi connectivity index (χ1v) is 9.61. The molecule has 0 fully saturated rings. The Hall–Kier alpha value is -2.09. The van der Waals surface area contributed by atoms with Crippen LogP contribution >= 0.6 is 34.7 Å². The lowest BCUT2D eigenvalue weighted by atomic mass is 10.2. The minimum Gasteiger partial charge on any atom is -0.431 e. The van der Waals surface area contributed by atoms with E-state index >= 15 is 0 Å². The van der Waals surface area contributed by atoms with Crippen LogP contribution in [0.3, 0.4) is 0 Å². The van der Waals surface area contributed by atoms with E-state index in [0.29, 0.717) is 15.4 Å². The zero-order valence-electron chi connectivity index (χ0n) is 13.1. The average Bonchev–Trinajstić information content (AvgIpc) is 3.14. The number of carbonyl (C=O) groups is 1. The number of oxazole rings is 1. The van der Waals surface area contributed by atoms with Crippen molar-refractivity contribution in [2.45, 2.75) is 12.1 Å². The molecule has 0 atom stereocenters. The molecule has 25 heavy (non-hydrogen) atoms. The van der Waals surface area contributed by atoms with Crippen molar-refractivity contribution in [1.29, 1.82) is 0 Å². The molecule has 2 aromatic heterocycles. The van der Waals surface area contributed by atoms with Gasteiger partial charge >= 0.3 is 0 Å². The molecule has 0 aliphatic carbocycles. The number of amides is 1. The van der Waals surface area contributed by atoms with Crippen LogP contribution in [-0.4, -0.2) is 21.6 Å². The Morgan fingerprint density at radius 2 is 2.12 bits per heavy atom. The number of halogens is 1. The number of hydrogen-bond donors (Lipinski definition) is 1. The molecule has 0 aliphatic rings. The molecule has 1 amide bonds. The van der Waals surface area contributed by atoms with Crippen molar-refractivity contribution in [2.24, 2.45) is 0 Å². The maximum atomic E-state index is 12.1. The Kier molecular flexibility index (Phi) is 4.37. The summed E-state index contributed by atoms with van der Waals surface area (Å²) in [6.07, 6.45) is 0. The predicted molar refractivity (Wildman–Crippen MR) is 103 cm³/mol. The first-order valence-electron chi connectivity index (χ1n) is 7.43. The molecular weight excluding hydrogens is 378 g/mol. The number of nitrogens with one attached hydrogen (secondary N) is 1. The van der Waals surface area contributed by atoms with Crippen LogP contribution in [0, 0.1) is 6.92 Å². The van der Waals surface area contributed by atoms with Crippen LogP contribution in [-0.2, 0) is 4.79 Å². The van der Waals surface area contributed by atoms with Crippen LogP contribution in [0.1, 0.15) is 5.56 Å². The fourth-order valence-corrected chi connectivity index (χ4v) is 3.98. The van der Waals surface area contributed by atoms with Gasteiger partial charge in [0.25, 0.3) is 5.22 Å². The highest BCUT2D eigenvalue weighted by atomic mass is 35.5. The topological polar surface area (TPSA) is 68.0 Å². The van der Waals surface area contributed by atoms with Gasteiger partial charge in [0, 0.05) is 5.02 Å². The third kappa shape index (κ3) is 3.63. The monoisotopic (exact) mass is 389 g/mol. The third-order valence-corrected chi connectivity index (χ3v) is 5.46. The predicted octanol–water partition coefficient (Wildman–Crippen LogP) is 5.13. The number of thiazole rings is 1. The summed E-state index contributed by atoms with van der Waals surface area (Å²) in [4.78, 5) is 20.9. The summed E-state index contributed by atoms with van der Waals surface area (Å²) in [5.74, 6) is 0.0382. The Morgan fingerprint density at radius 1 is 1.24 bits per heavy atom. The van der Waals surface area contributed by atoms with E-state index in [2.05, 4.69) is 15.3 Å². The van der Waals surface area contributed by atoms with E-state index in [4.69, 9.17) is 16.0 Å². The van der Waals surface area contributed by atoms with Crippen molar-refractivity contribution < 1.29 is 9.21 Å². The summed E-state index contributed by atoms with van der Waals surface area (Å²) in [6.45, 7) is 2.00. The first kappa shape index (κ1) is 16.4. The molecular formula is C17H12ClN3O2S2. The highest BCUT2D eigenvalue weighted by Gasteiger charge is 2.12. The molecule has 0 radical (unpaired) electrons. The fourth-order valence-electron chi connectivity index (χ4n) is 2.31. The van der Waals surface area contributed by atoms with E-state index in [9.17, 15) is 4.79 Å². The summed E-state index contributed by atoms with van der Waals surface area (Å²) < 4.78 is 6.60. The highest BCUT2D eigenvalue weighted by molar-refractivity contribution is 7.99. The SMILES string of the molecule is Cc1ccc2oc(SCC(=O)Nc3nc4cc(Cl)ccc4s3)nc2c1. The molecule has 0 bridgehead atoms. The van der Waals surface area contributed by atoms with Crippen molar-refractivity contribution in [3.8, 4) is 0 Å². The fraction of sp³-hybridized carbons (Fsp3) is 0.118. The minimum absolute atomic E-state index is 0.159. The number of anilines is 1. The van der Waals surface area contributed by atoms with Crippen LogP contribution in [0.5, 0.6) is 0 Å². The molecule has 0 unspecified atom stereocenters. The number of nitrogens with zero attached hydrogens (tertiary/aromatic N) is 2. The number of hydrogen-bond acceptors (Lipinski definition) is 6. The number of thioether (sulfide) groups is 1. The number of aromatic nitrogens is 2. The Labute approximate surface area is 156 Å². The average molecular weight is 390 g/mol. The van der Waals surface area contributed by atoms with Gasteiger partial charge in [-0.1, -0.05) is 40.8 Å². The normalized spacial score (nSPS) is 11.3. The number of benzene rings is 2. The summed E-state index contributed by atoms with van der Waals surface area (Å²) in [5, 5.41) is 4.45. The number of aryl methyl sites for hydroxylation is 1. The largest absolute Gasteiger partial charge is 0.431 e. The smallest absolute Gasteiger partial charge is 0.257 e. The molecule has 0 saturated carbocycles. The van der Waals surface area contributed by atoms with Gasteiger partial charge in [0.2, 0.25) is 5.91 Å². The molecule has 4 rings (SSSR count). The molecule has 0 spiro atoms. The Balaban J connectivity index is 1.42. The van der Waals surface area contributed by atoms with Crippen LogP contribution < -0.4 is 5.32 Å². The van der Waals surface area contributed by atoms with Gasteiger partial charge < -0.3 is 9.73 Å². The number of fused-ring (bicyclic) bond motifs is 2. The molecule has 2 aromatic carbocycles. The van der Waals surface area contributed by atoms with Crippen LogP contribution in [0.4, 0.5) is 5.13 Å². The summed E-state index contributed by atoms with van der Waals surface area (Å²) in [7, 11) is 0. The molecule has 0 saturated heterocycles. The molecule has 126 valence electrons. The maximum Gasteiger partial charge on any atom is 0.257 e. The number of carbonyl (C=O) groups excluding carboxylic acids is 1. The van der Waals surface area contributed by atoms with E-state index in [1.807, 2.05) is 31.2 Å². The van der Waals surface area contributed by atoms with Gasteiger partial charge in [0.1, 0.15) is 5.52 Å². The van der Waals surface area contributed by atoms with Crippen LogP contribution in [0.2, 0.25) is 5.02 Å². The van der Waals surface area contributed by atoms with Gasteiger partial charge in [-0.15, -0.1) is 0 Å². The summed E-state index contributed by atoms with van der Waals surface area (Å²) >= 11 is 8.62. The van der Waals surface area contributed by atoms with E-state index < -0.39 is 0 Å². The molecule has 0 aliphatic heterocycles. The quantitative estimate of drug-likeness (QED) is 0.490. The van der Waals surface area contributed by atoms with Crippen molar-refractivity contribution in [1.82, 2.24) is 9.97 Å². The lowest BCUT2D eigenvalue weighted by Gasteiger charge is -1.98. The molecule has 4 aromatic rings. The zero-order valence-corrected chi connectivity index (χ0v) is 15.5. The highest BCUT2D eigenvalue weighted by Crippen LogP contribution is 2.28. The van der Waals surface area contributed by atoms with Crippen molar-refractivity contribution >= 4 is 67.1 Å². The Morgan fingerprint density at radius 3 is 3.00 bits per heavy atom. The van der Waals surface area contributed by atoms with Crippen molar-refractivity contribution in [3.63, 3.8) is 0 Å². The summed E-state index contributed by atoms with van der Waals surface area (Å²) in [5.41, 5.74) is 3.41. The van der Waals surface area contributed by atoms with E-state index in [1.54, 1.807) is 12.1 Å². The van der Waals surface area contributed by atoms with Gasteiger partial charge in [-0.25, -0.2) is 9.97 Å². The second kappa shape index (κ2) is 6.67. The first-order chi connectivity index (χ1) is 12.1. The van der Waals surface area contributed by atoms with Crippen molar-refractivity contribution in [3.05, 3.63) is 47.0 Å². The Bertz CT molecular complexity index is 1090. The van der Waals surface area contributed by atoms with Gasteiger partial charge in [-0.05, 0) is 42.8 Å². The lowest BCUT2D eigenvalue weighted by molar-refractivity contribution is -0.113. The van der Waals surface area contributed by atoms with E-state index in [0.717, 1.165) is 26.9 Å². The van der Waals surface area contributed by atoms with Gasteiger partial charge in [0.05, 0.1) is 16.0 Å². The van der Waals surface area contributed by atoms with Crippen LogP contribution in [0.25, 0.3) is 21.3 Å². The second-order valence-electron chi connectivity index (χ2n) is 5.42. The molecule has 8 heteroatoms. The van der Waals surface area contributed by atoms with Crippen molar-refractivity contribution in [2.75, 3.05) is 11.1 Å². The molecule has 2 heterocycles. The molecule has 1 N–H and O–H groups in total. The van der Waals surface area contributed by atoms with Gasteiger partial charge in [-0.3, -0.25) is 4.79 Å². The minimum atomic E-state index is -0.159. The molecule has 5 nitrogen and oxygen atoms in total. The van der Waals surface area contributed by atoms with E-state index in [1.165, 1.54) is 23.1 Å². The third-order valence-electron chi connectivity index (χ3n) is 3.45. The van der Waals surface area contributed by atoms with Gasteiger partial charge in [-0.2, -0.15) is 0 Å². The standard InChI is InChI=1S/C17H12ClN3O2S2/c1-9-2-4-13-11(6-9)20-17(23-13)24-8-15(22)21-16-19-12-7-10(18)3-5-14(12)25-16/h2-7H,8H2,1H3,(H,19,21,22). The van der Waals surface area contributed by atoms with E-state index in [-0.39, 0.29) is 11.7 Å². The maximum absolute atomic E-state index is 12.1. The van der Waals surface area contributed by atoms with Crippen LogP contribution in [0.15, 0.2) is 46.0 Å². The lowest BCUT2D eigenvalue weighted by Crippen LogP contribution is -2.13.